The van der Waals surface area contributed by atoms with E-state index >= 15 is 4.57 Å². The van der Waals surface area contributed by atoms with Crippen LogP contribution in [0.3, 0.4) is 0 Å². The Bertz CT molecular complexity index is 864. The first kappa shape index (κ1) is 25.3. The van der Waals surface area contributed by atoms with E-state index in [2.05, 4.69) is 58.1 Å². The molecule has 0 radical (unpaired) electrons. The first-order valence-electron chi connectivity index (χ1n) is 12.3. The molecule has 0 aromatic heterocycles. The fourth-order valence-electron chi connectivity index (χ4n) is 5.85. The van der Waals surface area contributed by atoms with Gasteiger partial charge in [0.15, 0.2) is 0 Å². The summed E-state index contributed by atoms with van der Waals surface area (Å²) in [6.07, 6.45) is 4.43. The number of hydrogen-bond acceptors (Lipinski definition) is 3. The van der Waals surface area contributed by atoms with Crippen molar-refractivity contribution in [3.8, 4) is 0 Å². The van der Waals surface area contributed by atoms with Crippen molar-refractivity contribution < 1.29 is 14.1 Å². The van der Waals surface area contributed by atoms with E-state index < -0.39 is 13.6 Å². The molecule has 0 unspecified atom stereocenters. The molecule has 0 spiro atoms. The minimum Gasteiger partial charge on any atom is -0.378 e. The van der Waals surface area contributed by atoms with Crippen molar-refractivity contribution in [2.75, 3.05) is 26.3 Å². The summed E-state index contributed by atoms with van der Waals surface area (Å²) in [7, 11) is -3.23. The maximum atomic E-state index is 15.1. The topological polar surface area (TPSA) is 65.1 Å². The minimum absolute atomic E-state index is 0.0334. The number of nitrogens with zero attached hydrogens (tertiary/aromatic N) is 3. The fourth-order valence-corrected chi connectivity index (χ4v) is 9.96. The lowest BCUT2D eigenvalue weighted by Crippen LogP contribution is -2.48. The van der Waals surface area contributed by atoms with Crippen molar-refractivity contribution >= 4 is 29.4 Å². The Morgan fingerprint density at radius 2 is 1.64 bits per heavy atom. The number of halogens is 1. The Kier molecular flexibility index (Phi) is 8.04. The number of benzene rings is 1. The predicted molar refractivity (Wildman–Crippen MR) is 135 cm³/mol. The molecule has 1 aliphatic carbocycles. The molecule has 1 aromatic carbocycles. The molecule has 1 N–H and O–H groups in total. The summed E-state index contributed by atoms with van der Waals surface area (Å²) in [5.41, 5.74) is 0.832. The van der Waals surface area contributed by atoms with Gasteiger partial charge < -0.3 is 9.64 Å². The van der Waals surface area contributed by atoms with Gasteiger partial charge in [0.1, 0.15) is 6.04 Å². The van der Waals surface area contributed by atoms with Crippen LogP contribution in [0.2, 0.25) is 0 Å². The van der Waals surface area contributed by atoms with Gasteiger partial charge in [0.25, 0.3) is 7.59 Å². The largest absolute Gasteiger partial charge is 0.378 e. The quantitative estimate of drug-likeness (QED) is 0.523. The number of morpholine rings is 1. The van der Waals surface area contributed by atoms with Crippen LogP contribution in [0.15, 0.2) is 28.7 Å². The van der Waals surface area contributed by atoms with E-state index in [-0.39, 0.29) is 30.1 Å². The van der Waals surface area contributed by atoms with Crippen LogP contribution in [-0.4, -0.2) is 70.6 Å². The highest BCUT2D eigenvalue weighted by Crippen LogP contribution is 2.63. The molecule has 4 rings (SSSR count). The molecular formula is C24H38BrN4O3P. The molecule has 3 aliphatic rings. The number of carbonyl (C=O) groups is 1. The molecule has 184 valence electrons. The number of carbonyl (C=O) groups excluding carboxylic acids is 1. The van der Waals surface area contributed by atoms with Gasteiger partial charge in [-0.15, -0.1) is 0 Å². The van der Waals surface area contributed by atoms with Crippen molar-refractivity contribution in [3.05, 3.63) is 34.3 Å². The van der Waals surface area contributed by atoms with Crippen LogP contribution in [0.25, 0.3) is 0 Å². The van der Waals surface area contributed by atoms with Crippen molar-refractivity contribution in [2.24, 2.45) is 0 Å². The highest BCUT2D eigenvalue weighted by atomic mass is 79.9. The van der Waals surface area contributed by atoms with E-state index in [9.17, 15) is 4.79 Å². The Hall–Kier alpha value is -0.760. The normalized spacial score (nSPS) is 27.2. The second kappa shape index (κ2) is 10.5. The van der Waals surface area contributed by atoms with Crippen molar-refractivity contribution in [1.29, 1.82) is 0 Å². The van der Waals surface area contributed by atoms with Crippen LogP contribution in [0, 0.1) is 0 Å². The summed E-state index contributed by atoms with van der Waals surface area (Å²) in [5, 5.41) is 3.51. The van der Waals surface area contributed by atoms with Gasteiger partial charge in [-0.2, -0.15) is 0 Å². The van der Waals surface area contributed by atoms with Crippen LogP contribution in [0.4, 0.5) is 0 Å². The molecule has 3 atom stereocenters. The minimum atomic E-state index is -3.23. The lowest BCUT2D eigenvalue weighted by molar-refractivity contribution is -0.137. The number of ether oxygens (including phenoxy) is 1. The highest BCUT2D eigenvalue weighted by molar-refractivity contribution is 9.10. The molecule has 2 heterocycles. The maximum Gasteiger partial charge on any atom is 0.286 e. The highest BCUT2D eigenvalue weighted by Gasteiger charge is 2.58. The molecule has 1 amide bonds. The van der Waals surface area contributed by atoms with Crippen molar-refractivity contribution in [3.63, 3.8) is 0 Å². The average Bonchev–Trinajstić information content (AvgIpc) is 3.06. The molecule has 0 bridgehead atoms. The van der Waals surface area contributed by atoms with Gasteiger partial charge in [0, 0.05) is 41.7 Å². The van der Waals surface area contributed by atoms with Gasteiger partial charge in [0.05, 0.1) is 13.2 Å². The van der Waals surface area contributed by atoms with Crippen LogP contribution in [0.5, 0.6) is 0 Å². The predicted octanol–water partition coefficient (Wildman–Crippen LogP) is 4.79. The van der Waals surface area contributed by atoms with Crippen LogP contribution < -0.4 is 5.09 Å². The zero-order valence-electron chi connectivity index (χ0n) is 20.2. The maximum absolute atomic E-state index is 15.1. The molecule has 33 heavy (non-hydrogen) atoms. The van der Waals surface area contributed by atoms with Crippen LogP contribution in [0.1, 0.15) is 65.0 Å². The molecule has 1 aromatic rings. The molecule has 7 nitrogen and oxygen atoms in total. The van der Waals surface area contributed by atoms with Gasteiger partial charge in [-0.3, -0.25) is 9.36 Å². The summed E-state index contributed by atoms with van der Waals surface area (Å²) in [4.78, 5) is 15.7. The Morgan fingerprint density at radius 3 is 2.15 bits per heavy atom. The van der Waals surface area contributed by atoms with E-state index in [0.29, 0.717) is 26.3 Å². The third-order valence-electron chi connectivity index (χ3n) is 7.11. The monoisotopic (exact) mass is 540 g/mol. The first-order valence-corrected chi connectivity index (χ1v) is 14.7. The summed E-state index contributed by atoms with van der Waals surface area (Å²) in [6.45, 7) is 10.7. The number of hydrogen-bond donors (Lipinski definition) is 1. The standard InChI is InChI=1S/C24H38BrN4O3P/c1-17(2)28-21-10-5-6-11-22(21)29(18(3)4)33(28,31)26-23(19-8-7-9-20(25)16-19)24(30)27-12-14-32-15-13-27/h7-9,16-18,21-23H,5-6,10-15H2,1-4H3,(H,26,31)/t21-,22-,23+/m1/s1. The fraction of sp³-hybridized carbons (Fsp3) is 0.708. The third-order valence-corrected chi connectivity index (χ3v) is 11.0. The zero-order valence-corrected chi connectivity index (χ0v) is 22.7. The van der Waals surface area contributed by atoms with Gasteiger partial charge >= 0.3 is 0 Å². The average molecular weight is 541 g/mol. The van der Waals surface area contributed by atoms with Gasteiger partial charge in [-0.1, -0.05) is 40.9 Å². The number of nitrogens with one attached hydrogen (secondary N) is 1. The van der Waals surface area contributed by atoms with E-state index in [1.807, 2.05) is 29.2 Å². The van der Waals surface area contributed by atoms with Gasteiger partial charge in [-0.25, -0.2) is 14.4 Å². The summed E-state index contributed by atoms with van der Waals surface area (Å²) in [6, 6.07) is 7.84. The van der Waals surface area contributed by atoms with E-state index in [0.717, 1.165) is 35.7 Å². The van der Waals surface area contributed by atoms with Crippen molar-refractivity contribution in [1.82, 2.24) is 19.3 Å². The van der Waals surface area contributed by atoms with E-state index in [1.54, 1.807) is 0 Å². The number of rotatable bonds is 6. The lowest BCUT2D eigenvalue weighted by Gasteiger charge is -2.39. The van der Waals surface area contributed by atoms with Crippen molar-refractivity contribution in [2.45, 2.75) is 83.6 Å². The van der Waals surface area contributed by atoms with E-state index in [4.69, 9.17) is 4.74 Å². The molecule has 1 saturated carbocycles. The van der Waals surface area contributed by atoms with Gasteiger partial charge in [-0.05, 0) is 58.2 Å². The molecular weight excluding hydrogens is 503 g/mol. The third kappa shape index (κ3) is 4.98. The molecule has 2 saturated heterocycles. The van der Waals surface area contributed by atoms with Crippen LogP contribution in [-0.2, 0) is 14.1 Å². The first-order chi connectivity index (χ1) is 15.7. The smallest absolute Gasteiger partial charge is 0.286 e. The summed E-state index contributed by atoms with van der Waals surface area (Å²) in [5.74, 6) is -0.0334. The van der Waals surface area contributed by atoms with Crippen LogP contribution >= 0.6 is 23.5 Å². The Balaban J connectivity index is 1.76. The van der Waals surface area contributed by atoms with E-state index in [1.165, 1.54) is 0 Å². The SMILES string of the molecule is CC(C)N1[C@@H]2CCCC[C@H]2N(C(C)C)P1(=O)N[C@H](C(=O)N1CCOCC1)c1cccc(Br)c1. The van der Waals surface area contributed by atoms with Gasteiger partial charge in [0.2, 0.25) is 5.91 Å². The lowest BCUT2D eigenvalue weighted by atomic mass is 9.89. The molecule has 2 aliphatic heterocycles. The molecule has 9 heteroatoms. The Labute approximate surface area is 206 Å². The zero-order chi connectivity index (χ0) is 23.8. The second-order valence-corrected chi connectivity index (χ2v) is 13.2. The molecule has 3 fully saturated rings. The summed E-state index contributed by atoms with van der Waals surface area (Å²) < 4.78 is 25.9. The second-order valence-electron chi connectivity index (χ2n) is 9.97. The Morgan fingerprint density at radius 1 is 1.06 bits per heavy atom. The number of fused-ring (bicyclic) bond motifs is 1. The summed E-state index contributed by atoms with van der Waals surface area (Å²) >= 11 is 3.56. The number of amides is 1.